The maximum absolute atomic E-state index is 14.2. The average Bonchev–Trinajstić information content (AvgIpc) is 2.91. The zero-order valence-corrected chi connectivity index (χ0v) is 21.3. The Hall–Kier alpha value is -4.63. The Kier molecular flexibility index (Phi) is 7.69. The van der Waals surface area contributed by atoms with Crippen molar-refractivity contribution >= 4 is 29.3 Å². The molecule has 1 amide bonds. The molecule has 1 unspecified atom stereocenters. The van der Waals surface area contributed by atoms with E-state index in [9.17, 15) is 35.9 Å². The van der Waals surface area contributed by atoms with Crippen molar-refractivity contribution in [3.63, 3.8) is 0 Å². The van der Waals surface area contributed by atoms with Crippen LogP contribution in [0.1, 0.15) is 11.1 Å². The summed E-state index contributed by atoms with van der Waals surface area (Å²) in [6.45, 7) is 3.49. The molecule has 3 aromatic rings. The van der Waals surface area contributed by atoms with Crippen LogP contribution in [0.4, 0.5) is 43.8 Å². The SMILES string of the molecule is Cc1ccc(C(OC(=O)C(F)(F)F)(C(N)=O)C(F)(F)F)cc1-c1cnc(N)c(N2CCN(c3ccccn3)CC2)n1. The van der Waals surface area contributed by atoms with Gasteiger partial charge < -0.3 is 26.0 Å². The molecule has 0 aliphatic carbocycles. The van der Waals surface area contributed by atoms with Crippen molar-refractivity contribution in [3.05, 3.63) is 59.9 Å². The number of pyridine rings is 1. The van der Waals surface area contributed by atoms with Gasteiger partial charge in [0, 0.05) is 43.5 Å². The van der Waals surface area contributed by atoms with Crippen LogP contribution < -0.4 is 21.3 Å². The monoisotopic (exact) mass is 583 g/mol. The van der Waals surface area contributed by atoms with Crippen molar-refractivity contribution in [1.29, 1.82) is 0 Å². The van der Waals surface area contributed by atoms with E-state index < -0.39 is 35.4 Å². The quantitative estimate of drug-likeness (QED) is 0.331. The summed E-state index contributed by atoms with van der Waals surface area (Å²) < 4.78 is 85.1. The van der Waals surface area contributed by atoms with Gasteiger partial charge in [0.2, 0.25) is 0 Å². The number of benzene rings is 1. The maximum Gasteiger partial charge on any atom is 0.490 e. The predicted octanol–water partition coefficient (Wildman–Crippen LogP) is 3.10. The lowest BCUT2D eigenvalue weighted by Gasteiger charge is -2.36. The number of piperazine rings is 1. The third-order valence-electron chi connectivity index (χ3n) is 6.48. The Labute approximate surface area is 228 Å². The maximum atomic E-state index is 14.2. The average molecular weight is 583 g/mol. The normalized spacial score (nSPS) is 15.8. The second-order valence-electron chi connectivity index (χ2n) is 9.09. The molecular weight excluding hydrogens is 560 g/mol. The van der Waals surface area contributed by atoms with Crippen molar-refractivity contribution in [2.24, 2.45) is 5.73 Å². The van der Waals surface area contributed by atoms with Crippen LogP contribution in [0.25, 0.3) is 11.3 Å². The number of anilines is 3. The number of hydrogen-bond donors (Lipinski definition) is 2. The van der Waals surface area contributed by atoms with Gasteiger partial charge in [0.1, 0.15) is 5.82 Å². The second-order valence-corrected chi connectivity index (χ2v) is 9.09. The fourth-order valence-electron chi connectivity index (χ4n) is 4.37. The second kappa shape index (κ2) is 10.7. The number of rotatable bonds is 6. The number of carbonyl (C=O) groups excluding carboxylic acids is 2. The summed E-state index contributed by atoms with van der Waals surface area (Å²) in [5, 5.41) is 0. The smallest absolute Gasteiger partial charge is 0.427 e. The molecule has 0 saturated carbocycles. The number of hydrogen-bond acceptors (Lipinski definition) is 9. The molecule has 0 radical (unpaired) electrons. The van der Waals surface area contributed by atoms with E-state index in [2.05, 4.69) is 19.7 Å². The van der Waals surface area contributed by atoms with Crippen LogP contribution in [0.5, 0.6) is 0 Å². The Morgan fingerprint density at radius 2 is 1.61 bits per heavy atom. The van der Waals surface area contributed by atoms with Crippen LogP contribution in [0.3, 0.4) is 0 Å². The van der Waals surface area contributed by atoms with Gasteiger partial charge in [0.25, 0.3) is 5.91 Å². The lowest BCUT2D eigenvalue weighted by atomic mass is 9.88. The number of nitrogens with zero attached hydrogens (tertiary/aromatic N) is 5. The topological polar surface area (TPSA) is 141 Å². The molecule has 1 atom stereocenters. The standard InChI is InChI=1S/C25H23F6N7O3/c1-14-5-6-15(23(21(33)39,25(29,30)31)41-22(40)24(26,27)28)12-16(14)17-13-35-19(32)20(36-17)38-10-8-37(9-11-38)18-4-2-3-7-34-18/h2-7,12-13H,8-11H2,1H3,(H2,32,35)(H2,33,39). The third kappa shape index (κ3) is 5.67. The molecule has 4 rings (SSSR count). The lowest BCUT2D eigenvalue weighted by Crippen LogP contribution is -2.57. The summed E-state index contributed by atoms with van der Waals surface area (Å²) in [6.07, 6.45) is -8.86. The van der Waals surface area contributed by atoms with Gasteiger partial charge in [-0.05, 0) is 30.7 Å². The molecule has 1 aromatic carbocycles. The van der Waals surface area contributed by atoms with Crippen LogP contribution in [0.15, 0.2) is 48.8 Å². The number of alkyl halides is 6. The molecule has 3 heterocycles. The minimum atomic E-state index is -5.85. The van der Waals surface area contributed by atoms with E-state index in [1.165, 1.54) is 6.92 Å². The van der Waals surface area contributed by atoms with E-state index in [0.717, 1.165) is 24.1 Å². The molecule has 1 fully saturated rings. The number of aromatic nitrogens is 3. The molecule has 1 aliphatic rings. The highest BCUT2D eigenvalue weighted by Gasteiger charge is 2.66. The van der Waals surface area contributed by atoms with Crippen LogP contribution in [0.2, 0.25) is 0 Å². The number of aryl methyl sites for hydroxylation is 1. The van der Waals surface area contributed by atoms with Gasteiger partial charge in [-0.15, -0.1) is 0 Å². The molecule has 16 heteroatoms. The molecule has 1 aliphatic heterocycles. The molecule has 0 spiro atoms. The van der Waals surface area contributed by atoms with Crippen molar-refractivity contribution in [3.8, 4) is 11.3 Å². The summed E-state index contributed by atoms with van der Waals surface area (Å²) in [6, 6.07) is 8.04. The fraction of sp³-hybridized carbons (Fsp3) is 0.320. The minimum Gasteiger partial charge on any atom is -0.427 e. The van der Waals surface area contributed by atoms with E-state index in [-0.39, 0.29) is 22.9 Å². The first-order valence-corrected chi connectivity index (χ1v) is 12.0. The number of nitrogen functional groups attached to an aromatic ring is 1. The number of halogens is 6. The molecule has 218 valence electrons. The summed E-state index contributed by atoms with van der Waals surface area (Å²) in [5.74, 6) is -4.56. The predicted molar refractivity (Wildman–Crippen MR) is 134 cm³/mol. The first-order chi connectivity index (χ1) is 19.1. The van der Waals surface area contributed by atoms with E-state index >= 15 is 0 Å². The Balaban J connectivity index is 1.72. The highest BCUT2D eigenvalue weighted by atomic mass is 19.4. The molecule has 41 heavy (non-hydrogen) atoms. The van der Waals surface area contributed by atoms with Crippen LogP contribution >= 0.6 is 0 Å². The summed E-state index contributed by atoms with van der Waals surface area (Å²) in [7, 11) is 0. The van der Waals surface area contributed by atoms with Gasteiger partial charge in [0.05, 0.1) is 11.9 Å². The number of amides is 1. The summed E-state index contributed by atoms with van der Waals surface area (Å²) >= 11 is 0. The molecule has 2 aromatic heterocycles. The Morgan fingerprint density at radius 1 is 0.951 bits per heavy atom. The minimum absolute atomic E-state index is 0.00315. The molecular formula is C25H23F6N7O3. The van der Waals surface area contributed by atoms with Gasteiger partial charge in [-0.1, -0.05) is 18.2 Å². The molecule has 10 nitrogen and oxygen atoms in total. The number of ether oxygens (including phenoxy) is 1. The zero-order chi connectivity index (χ0) is 30.2. The molecule has 1 saturated heterocycles. The number of nitrogens with two attached hydrogens (primary N) is 2. The van der Waals surface area contributed by atoms with Gasteiger partial charge in [-0.3, -0.25) is 4.79 Å². The fourth-order valence-corrected chi connectivity index (χ4v) is 4.37. The molecule has 0 bridgehead atoms. The van der Waals surface area contributed by atoms with E-state index in [4.69, 9.17) is 11.5 Å². The Bertz CT molecular complexity index is 1440. The summed E-state index contributed by atoms with van der Waals surface area (Å²) in [4.78, 5) is 40.3. The van der Waals surface area contributed by atoms with Gasteiger partial charge in [0.15, 0.2) is 11.6 Å². The van der Waals surface area contributed by atoms with Crippen LogP contribution in [-0.4, -0.2) is 65.4 Å². The number of esters is 1. The Morgan fingerprint density at radius 3 is 2.17 bits per heavy atom. The van der Waals surface area contributed by atoms with E-state index in [1.807, 2.05) is 21.9 Å². The van der Waals surface area contributed by atoms with Crippen LogP contribution in [-0.2, 0) is 19.9 Å². The van der Waals surface area contributed by atoms with E-state index in [1.54, 1.807) is 12.3 Å². The first kappa shape index (κ1) is 29.4. The molecule has 4 N–H and O–H groups in total. The van der Waals surface area contributed by atoms with Gasteiger partial charge in [-0.25, -0.2) is 19.7 Å². The van der Waals surface area contributed by atoms with Crippen molar-refractivity contribution in [1.82, 2.24) is 15.0 Å². The van der Waals surface area contributed by atoms with Gasteiger partial charge in [-0.2, -0.15) is 26.3 Å². The highest BCUT2D eigenvalue weighted by molar-refractivity contribution is 5.90. The van der Waals surface area contributed by atoms with E-state index in [0.29, 0.717) is 37.8 Å². The zero-order valence-electron chi connectivity index (χ0n) is 21.3. The third-order valence-corrected chi connectivity index (χ3v) is 6.48. The summed E-state index contributed by atoms with van der Waals surface area (Å²) in [5.41, 5.74) is 5.69. The number of primary amides is 1. The number of carbonyl (C=O) groups is 2. The van der Waals surface area contributed by atoms with Crippen LogP contribution in [0, 0.1) is 6.92 Å². The van der Waals surface area contributed by atoms with Crippen molar-refractivity contribution in [2.45, 2.75) is 24.9 Å². The van der Waals surface area contributed by atoms with Crippen molar-refractivity contribution < 1.29 is 40.7 Å². The largest absolute Gasteiger partial charge is 0.490 e. The highest BCUT2D eigenvalue weighted by Crippen LogP contribution is 2.45. The van der Waals surface area contributed by atoms with Crippen molar-refractivity contribution in [2.75, 3.05) is 41.7 Å². The van der Waals surface area contributed by atoms with Gasteiger partial charge >= 0.3 is 23.9 Å². The first-order valence-electron chi connectivity index (χ1n) is 12.0. The lowest BCUT2D eigenvalue weighted by molar-refractivity contribution is -0.280.